The van der Waals surface area contributed by atoms with Crippen LogP contribution in [0.3, 0.4) is 0 Å². The molecule has 2 aliphatic rings. The van der Waals surface area contributed by atoms with Gasteiger partial charge in [-0.2, -0.15) is 10.1 Å². The Morgan fingerprint density at radius 1 is 1.32 bits per heavy atom. The summed E-state index contributed by atoms with van der Waals surface area (Å²) in [5.41, 5.74) is 0.151. The molecule has 150 valence electrons. The van der Waals surface area contributed by atoms with Crippen molar-refractivity contribution in [1.82, 2.24) is 29.7 Å². The monoisotopic (exact) mass is 388 g/mol. The second-order valence-electron chi connectivity index (χ2n) is 7.52. The molecule has 2 aromatic heterocycles. The molecule has 10 heteroatoms. The van der Waals surface area contributed by atoms with Gasteiger partial charge >= 0.3 is 0 Å². The molecule has 0 N–H and O–H groups in total. The smallest absolute Gasteiger partial charge is 0.274 e. The molecule has 0 aromatic carbocycles. The first-order valence-electron chi connectivity index (χ1n) is 9.35. The Kier molecular flexibility index (Phi) is 4.66. The van der Waals surface area contributed by atoms with E-state index in [-0.39, 0.29) is 29.8 Å². The molecular formula is C18H24N6O4. The topological polar surface area (TPSA) is 107 Å². The zero-order valence-electron chi connectivity index (χ0n) is 16.3. The van der Waals surface area contributed by atoms with Crippen molar-refractivity contribution in [3.05, 3.63) is 29.7 Å². The Morgan fingerprint density at radius 3 is 2.68 bits per heavy atom. The highest BCUT2D eigenvalue weighted by molar-refractivity contribution is 5.93. The lowest BCUT2D eigenvalue weighted by Gasteiger charge is -2.49. The van der Waals surface area contributed by atoms with Gasteiger partial charge in [0.1, 0.15) is 12.3 Å². The predicted molar refractivity (Wildman–Crippen MR) is 96.5 cm³/mol. The van der Waals surface area contributed by atoms with E-state index < -0.39 is 0 Å². The number of nitrogens with zero attached hydrogens (tertiary/aromatic N) is 6. The highest BCUT2D eigenvalue weighted by atomic mass is 16.5. The van der Waals surface area contributed by atoms with Gasteiger partial charge in [0.25, 0.3) is 5.91 Å². The quantitative estimate of drug-likeness (QED) is 0.725. The summed E-state index contributed by atoms with van der Waals surface area (Å²) in [6.07, 6.45) is 1.80. The van der Waals surface area contributed by atoms with Crippen molar-refractivity contribution in [2.75, 3.05) is 39.9 Å². The highest BCUT2D eigenvalue weighted by Crippen LogP contribution is 2.49. The fourth-order valence-electron chi connectivity index (χ4n) is 4.16. The zero-order chi connectivity index (χ0) is 19.9. The first-order valence-corrected chi connectivity index (χ1v) is 9.35. The Hall–Kier alpha value is -2.75. The maximum absolute atomic E-state index is 12.8. The molecule has 1 spiro atoms. The fraction of sp³-hybridized carbons (Fsp3) is 0.611. The van der Waals surface area contributed by atoms with E-state index in [0.29, 0.717) is 50.1 Å². The third-order valence-electron chi connectivity index (χ3n) is 5.59. The molecule has 2 saturated heterocycles. The lowest BCUT2D eigenvalue weighted by molar-refractivity contribution is -0.134. The number of ether oxygens (including phenoxy) is 1. The van der Waals surface area contributed by atoms with Crippen LogP contribution in [-0.2, 0) is 16.1 Å². The lowest BCUT2D eigenvalue weighted by Crippen LogP contribution is -2.61. The second kappa shape index (κ2) is 7.01. The Bertz CT molecular complexity index is 884. The predicted octanol–water partition coefficient (Wildman–Crippen LogP) is 0.309. The fourth-order valence-corrected chi connectivity index (χ4v) is 4.16. The van der Waals surface area contributed by atoms with Crippen LogP contribution in [0, 0.1) is 12.3 Å². The lowest BCUT2D eigenvalue weighted by atomic mass is 9.71. The minimum atomic E-state index is -0.286. The van der Waals surface area contributed by atoms with Gasteiger partial charge in [-0.05, 0) is 19.9 Å². The number of amides is 2. The van der Waals surface area contributed by atoms with E-state index >= 15 is 0 Å². The molecule has 1 unspecified atom stereocenters. The van der Waals surface area contributed by atoms with Gasteiger partial charge in [0.2, 0.25) is 11.8 Å². The summed E-state index contributed by atoms with van der Waals surface area (Å²) < 4.78 is 12.1. The van der Waals surface area contributed by atoms with E-state index in [1.807, 2.05) is 6.92 Å². The van der Waals surface area contributed by atoms with Crippen LogP contribution in [-0.4, -0.2) is 81.4 Å². The van der Waals surface area contributed by atoms with Crippen molar-refractivity contribution in [3.8, 4) is 0 Å². The van der Waals surface area contributed by atoms with Crippen LogP contribution in [0.25, 0.3) is 0 Å². The first kappa shape index (κ1) is 18.6. The molecule has 2 aromatic rings. The number of aromatic nitrogens is 4. The second-order valence-corrected chi connectivity index (χ2v) is 7.52. The maximum atomic E-state index is 12.8. The third-order valence-corrected chi connectivity index (χ3v) is 5.59. The Labute approximate surface area is 162 Å². The van der Waals surface area contributed by atoms with Crippen molar-refractivity contribution >= 4 is 11.8 Å². The Balaban J connectivity index is 1.52. The molecule has 0 radical (unpaired) electrons. The zero-order valence-corrected chi connectivity index (χ0v) is 16.3. The van der Waals surface area contributed by atoms with Gasteiger partial charge in [-0.1, -0.05) is 5.16 Å². The molecule has 2 aliphatic heterocycles. The highest BCUT2D eigenvalue weighted by Gasteiger charge is 2.58. The maximum Gasteiger partial charge on any atom is 0.274 e. The molecule has 0 aliphatic carbocycles. The van der Waals surface area contributed by atoms with Gasteiger partial charge in [-0.15, -0.1) is 0 Å². The van der Waals surface area contributed by atoms with E-state index in [1.54, 1.807) is 33.7 Å². The molecule has 4 heterocycles. The normalized spacial score (nSPS) is 20.6. The number of carbonyl (C=O) groups excluding carboxylic acids is 2. The number of likely N-dealkylation sites (tertiary alicyclic amines) is 2. The van der Waals surface area contributed by atoms with Crippen LogP contribution in [0.4, 0.5) is 0 Å². The molecule has 4 rings (SSSR count). The van der Waals surface area contributed by atoms with Gasteiger partial charge < -0.3 is 19.1 Å². The summed E-state index contributed by atoms with van der Waals surface area (Å²) in [6, 6.07) is 1.73. The largest absolute Gasteiger partial charge is 0.375 e. The van der Waals surface area contributed by atoms with Crippen LogP contribution >= 0.6 is 0 Å². The van der Waals surface area contributed by atoms with Gasteiger partial charge in [0.05, 0.1) is 5.92 Å². The molecule has 2 amide bonds. The molecule has 0 saturated carbocycles. The number of methoxy groups -OCH3 is 1. The summed E-state index contributed by atoms with van der Waals surface area (Å²) in [5.74, 6) is 0.801. The Morgan fingerprint density at radius 2 is 2.07 bits per heavy atom. The summed E-state index contributed by atoms with van der Waals surface area (Å²) in [4.78, 5) is 33.0. The number of carbonyl (C=O) groups is 2. The summed E-state index contributed by atoms with van der Waals surface area (Å²) in [6.45, 7) is 6.55. The summed E-state index contributed by atoms with van der Waals surface area (Å²) >= 11 is 0. The standard InChI is InChI=1S/C18H24N6O4/c1-4-24-6-5-14(20-24)17(26)23-10-18(11-23)9-22(15(25)8-27-3)7-13(18)16-19-12(2)21-28-16/h5-6,13H,4,7-11H2,1-3H3. The van der Waals surface area contributed by atoms with Crippen molar-refractivity contribution in [2.24, 2.45) is 5.41 Å². The molecule has 0 bridgehead atoms. The number of rotatable bonds is 5. The minimum absolute atomic E-state index is 0.0305. The van der Waals surface area contributed by atoms with Crippen LogP contribution in [0.5, 0.6) is 0 Å². The van der Waals surface area contributed by atoms with E-state index in [1.165, 1.54) is 7.11 Å². The van der Waals surface area contributed by atoms with E-state index in [0.717, 1.165) is 0 Å². The van der Waals surface area contributed by atoms with Crippen LogP contribution in [0.2, 0.25) is 0 Å². The molecule has 1 atom stereocenters. The number of hydrogen-bond acceptors (Lipinski definition) is 7. The number of aryl methyl sites for hydroxylation is 2. The van der Waals surface area contributed by atoms with Crippen molar-refractivity contribution < 1.29 is 18.8 Å². The molecule has 10 nitrogen and oxygen atoms in total. The molecular weight excluding hydrogens is 364 g/mol. The van der Waals surface area contributed by atoms with Crippen molar-refractivity contribution in [1.29, 1.82) is 0 Å². The molecule has 28 heavy (non-hydrogen) atoms. The van der Waals surface area contributed by atoms with Crippen molar-refractivity contribution in [3.63, 3.8) is 0 Å². The van der Waals surface area contributed by atoms with Crippen LogP contribution in [0.15, 0.2) is 16.8 Å². The van der Waals surface area contributed by atoms with Gasteiger partial charge in [0.15, 0.2) is 5.82 Å². The first-order chi connectivity index (χ1) is 13.5. The van der Waals surface area contributed by atoms with Gasteiger partial charge in [0, 0.05) is 51.4 Å². The minimum Gasteiger partial charge on any atom is -0.375 e. The van der Waals surface area contributed by atoms with Crippen LogP contribution in [0.1, 0.15) is 35.0 Å². The van der Waals surface area contributed by atoms with Crippen molar-refractivity contribution in [2.45, 2.75) is 26.3 Å². The van der Waals surface area contributed by atoms with Gasteiger partial charge in [-0.25, -0.2) is 0 Å². The van der Waals surface area contributed by atoms with E-state index in [2.05, 4.69) is 15.2 Å². The molecule has 2 fully saturated rings. The summed E-state index contributed by atoms with van der Waals surface area (Å²) in [7, 11) is 1.50. The van der Waals surface area contributed by atoms with E-state index in [4.69, 9.17) is 9.26 Å². The van der Waals surface area contributed by atoms with Gasteiger partial charge in [-0.3, -0.25) is 14.3 Å². The SMILES string of the molecule is CCn1ccc(C(=O)N2CC3(CN(C(=O)COC)CC3c3nc(C)no3)C2)n1. The average Bonchev–Trinajstić information content (AvgIpc) is 3.37. The summed E-state index contributed by atoms with van der Waals surface area (Å²) in [5, 5.41) is 8.20. The third kappa shape index (κ3) is 3.07. The number of hydrogen-bond donors (Lipinski definition) is 0. The van der Waals surface area contributed by atoms with E-state index in [9.17, 15) is 9.59 Å². The van der Waals surface area contributed by atoms with Crippen LogP contribution < -0.4 is 0 Å². The average molecular weight is 388 g/mol.